The van der Waals surface area contributed by atoms with Crippen LogP contribution in [0.25, 0.3) is 11.4 Å². The van der Waals surface area contributed by atoms with Crippen molar-refractivity contribution in [3.63, 3.8) is 0 Å². The highest BCUT2D eigenvalue weighted by Gasteiger charge is 2.16. The summed E-state index contributed by atoms with van der Waals surface area (Å²) >= 11 is 0. The zero-order valence-corrected chi connectivity index (χ0v) is 9.31. The van der Waals surface area contributed by atoms with E-state index in [9.17, 15) is 8.78 Å². The number of nitrogens with two attached hydrogens (primary N) is 1. The lowest BCUT2D eigenvalue weighted by Gasteiger charge is -2.01. The van der Waals surface area contributed by atoms with Crippen LogP contribution >= 0.6 is 0 Å². The Balaban J connectivity index is 2.26. The van der Waals surface area contributed by atoms with Crippen LogP contribution in [0, 0.1) is 11.6 Å². The van der Waals surface area contributed by atoms with Gasteiger partial charge in [0.25, 0.3) is 0 Å². The molecule has 0 amide bonds. The summed E-state index contributed by atoms with van der Waals surface area (Å²) < 4.78 is 30.7. The van der Waals surface area contributed by atoms with Crippen molar-refractivity contribution in [2.75, 3.05) is 6.61 Å². The quantitative estimate of drug-likeness (QED) is 0.862. The van der Waals surface area contributed by atoms with Crippen LogP contribution in [0.3, 0.4) is 0 Å². The highest BCUT2D eigenvalue weighted by Crippen LogP contribution is 2.20. The van der Waals surface area contributed by atoms with Gasteiger partial charge in [-0.2, -0.15) is 4.98 Å². The van der Waals surface area contributed by atoms with Gasteiger partial charge in [0.05, 0.1) is 6.04 Å². The monoisotopic (exact) mass is 255 g/mol. The molecule has 0 radical (unpaired) electrons. The second-order valence-corrected chi connectivity index (χ2v) is 3.70. The number of halogens is 2. The van der Waals surface area contributed by atoms with Crippen LogP contribution in [0.15, 0.2) is 22.7 Å². The van der Waals surface area contributed by atoms with Crippen LogP contribution in [-0.2, 0) is 0 Å². The van der Waals surface area contributed by atoms with Gasteiger partial charge in [-0.05, 0) is 24.6 Å². The predicted octanol–water partition coefficient (Wildman–Crippen LogP) is 1.40. The van der Waals surface area contributed by atoms with Crippen molar-refractivity contribution in [2.45, 2.75) is 12.5 Å². The number of rotatable bonds is 4. The summed E-state index contributed by atoms with van der Waals surface area (Å²) in [5, 5.41) is 12.4. The van der Waals surface area contributed by atoms with Gasteiger partial charge in [0.2, 0.25) is 11.7 Å². The number of aromatic nitrogens is 2. The molecule has 0 saturated heterocycles. The fourth-order valence-electron chi connectivity index (χ4n) is 1.40. The molecule has 0 bridgehead atoms. The lowest BCUT2D eigenvalue weighted by Crippen LogP contribution is -2.12. The van der Waals surface area contributed by atoms with Gasteiger partial charge in [-0.25, -0.2) is 8.78 Å². The summed E-state index contributed by atoms with van der Waals surface area (Å²) in [6.07, 6.45) is 0.277. The maximum atomic E-state index is 13.0. The first-order valence-electron chi connectivity index (χ1n) is 5.27. The molecule has 1 unspecified atom stereocenters. The molecule has 96 valence electrons. The summed E-state index contributed by atoms with van der Waals surface area (Å²) in [4.78, 5) is 3.97. The van der Waals surface area contributed by atoms with Crippen molar-refractivity contribution in [2.24, 2.45) is 5.73 Å². The van der Waals surface area contributed by atoms with E-state index in [0.29, 0.717) is 5.56 Å². The molecule has 5 nitrogen and oxygen atoms in total. The van der Waals surface area contributed by atoms with Crippen molar-refractivity contribution in [1.82, 2.24) is 10.1 Å². The van der Waals surface area contributed by atoms with Crippen LogP contribution in [0.4, 0.5) is 8.78 Å². The lowest BCUT2D eigenvalue weighted by atomic mass is 10.2. The van der Waals surface area contributed by atoms with Crippen LogP contribution < -0.4 is 5.73 Å². The molecule has 1 atom stereocenters. The zero-order chi connectivity index (χ0) is 13.1. The molecular formula is C11H11F2N3O2. The highest BCUT2D eigenvalue weighted by atomic mass is 19.2. The second-order valence-electron chi connectivity index (χ2n) is 3.70. The molecule has 0 aliphatic heterocycles. The Morgan fingerprint density at radius 2 is 2.11 bits per heavy atom. The van der Waals surface area contributed by atoms with Crippen LogP contribution in [0.1, 0.15) is 18.4 Å². The Labute approximate surface area is 101 Å². The fraction of sp³-hybridized carbons (Fsp3) is 0.273. The maximum Gasteiger partial charge on any atom is 0.243 e. The third-order valence-corrected chi connectivity index (χ3v) is 2.38. The third-order valence-electron chi connectivity index (χ3n) is 2.38. The SMILES string of the molecule is NC(CCO)c1nc(-c2ccc(F)c(F)c2)no1. The molecule has 0 aliphatic rings. The minimum Gasteiger partial charge on any atom is -0.396 e. The summed E-state index contributed by atoms with van der Waals surface area (Å²) in [5.41, 5.74) is 5.95. The molecule has 0 fully saturated rings. The number of benzene rings is 1. The van der Waals surface area contributed by atoms with E-state index in [1.807, 2.05) is 0 Å². The molecule has 18 heavy (non-hydrogen) atoms. The Kier molecular flexibility index (Phi) is 3.63. The zero-order valence-electron chi connectivity index (χ0n) is 9.31. The molecule has 0 saturated carbocycles. The minimum absolute atomic E-state index is 0.107. The third kappa shape index (κ3) is 2.52. The topological polar surface area (TPSA) is 85.2 Å². The summed E-state index contributed by atoms with van der Waals surface area (Å²) in [6.45, 7) is -0.107. The average Bonchev–Trinajstić information content (AvgIpc) is 2.82. The number of aliphatic hydroxyl groups is 1. The Morgan fingerprint density at radius 3 is 2.78 bits per heavy atom. The van der Waals surface area contributed by atoms with E-state index < -0.39 is 17.7 Å². The predicted molar refractivity (Wildman–Crippen MR) is 58.3 cm³/mol. The second kappa shape index (κ2) is 5.19. The van der Waals surface area contributed by atoms with Crippen molar-refractivity contribution < 1.29 is 18.4 Å². The molecule has 0 spiro atoms. The van der Waals surface area contributed by atoms with Gasteiger partial charge in [0.15, 0.2) is 11.6 Å². The molecule has 7 heteroatoms. The summed E-state index contributed by atoms with van der Waals surface area (Å²) in [7, 11) is 0. The van der Waals surface area contributed by atoms with E-state index in [-0.39, 0.29) is 24.7 Å². The first-order chi connectivity index (χ1) is 8.61. The molecule has 0 aliphatic carbocycles. The van der Waals surface area contributed by atoms with Crippen molar-refractivity contribution in [3.8, 4) is 11.4 Å². The maximum absolute atomic E-state index is 13.0. The Hall–Kier alpha value is -1.86. The molecule has 2 aromatic rings. The van der Waals surface area contributed by atoms with Crippen molar-refractivity contribution in [3.05, 3.63) is 35.7 Å². The van der Waals surface area contributed by atoms with Gasteiger partial charge in [0.1, 0.15) is 0 Å². The van der Waals surface area contributed by atoms with E-state index >= 15 is 0 Å². The normalized spacial score (nSPS) is 12.7. The van der Waals surface area contributed by atoms with Gasteiger partial charge < -0.3 is 15.4 Å². The molecule has 1 heterocycles. The van der Waals surface area contributed by atoms with E-state index in [1.165, 1.54) is 6.07 Å². The number of hydrogen-bond donors (Lipinski definition) is 2. The molecular weight excluding hydrogens is 244 g/mol. The number of nitrogens with zero attached hydrogens (tertiary/aromatic N) is 2. The first-order valence-corrected chi connectivity index (χ1v) is 5.27. The Morgan fingerprint density at radius 1 is 1.33 bits per heavy atom. The largest absolute Gasteiger partial charge is 0.396 e. The average molecular weight is 255 g/mol. The van der Waals surface area contributed by atoms with Crippen molar-refractivity contribution in [1.29, 1.82) is 0 Å². The van der Waals surface area contributed by atoms with E-state index in [1.54, 1.807) is 0 Å². The highest BCUT2D eigenvalue weighted by molar-refractivity contribution is 5.54. The summed E-state index contributed by atoms with van der Waals surface area (Å²) in [5.74, 6) is -1.67. The number of aliphatic hydroxyl groups excluding tert-OH is 1. The standard InChI is InChI=1S/C11H11F2N3O2/c12-7-2-1-6(5-8(7)13)10-15-11(18-16-10)9(14)3-4-17/h1-2,5,9,17H,3-4,14H2. The first kappa shape index (κ1) is 12.6. The van der Waals surface area contributed by atoms with Gasteiger partial charge in [-0.1, -0.05) is 5.16 Å². The van der Waals surface area contributed by atoms with Gasteiger partial charge in [-0.3, -0.25) is 0 Å². The fourth-order valence-corrected chi connectivity index (χ4v) is 1.40. The van der Waals surface area contributed by atoms with E-state index in [2.05, 4.69) is 10.1 Å². The molecule has 1 aromatic heterocycles. The molecule has 2 rings (SSSR count). The van der Waals surface area contributed by atoms with Crippen molar-refractivity contribution >= 4 is 0 Å². The van der Waals surface area contributed by atoms with Gasteiger partial charge in [0, 0.05) is 12.2 Å². The van der Waals surface area contributed by atoms with E-state index in [0.717, 1.165) is 12.1 Å². The Bertz CT molecular complexity index is 545. The van der Waals surface area contributed by atoms with Gasteiger partial charge >= 0.3 is 0 Å². The molecule has 1 aromatic carbocycles. The summed E-state index contributed by atoms with van der Waals surface area (Å²) in [6, 6.07) is 2.71. The van der Waals surface area contributed by atoms with Crippen LogP contribution in [0.2, 0.25) is 0 Å². The minimum atomic E-state index is -0.987. The van der Waals surface area contributed by atoms with E-state index in [4.69, 9.17) is 15.4 Å². The smallest absolute Gasteiger partial charge is 0.243 e. The number of hydrogen-bond acceptors (Lipinski definition) is 5. The molecule has 3 N–H and O–H groups in total. The van der Waals surface area contributed by atoms with Gasteiger partial charge in [-0.15, -0.1) is 0 Å². The van der Waals surface area contributed by atoms with Crippen LogP contribution in [0.5, 0.6) is 0 Å². The lowest BCUT2D eigenvalue weighted by molar-refractivity contribution is 0.259. The van der Waals surface area contributed by atoms with Crippen LogP contribution in [-0.4, -0.2) is 21.9 Å².